The summed E-state index contributed by atoms with van der Waals surface area (Å²) in [6.07, 6.45) is 8.76. The van der Waals surface area contributed by atoms with Crippen molar-refractivity contribution in [2.75, 3.05) is 0 Å². The summed E-state index contributed by atoms with van der Waals surface area (Å²) in [6.45, 7) is 43.4. The summed E-state index contributed by atoms with van der Waals surface area (Å²) in [5, 5.41) is 2.51. The maximum Gasteiger partial charge on any atom is 0.0921 e. The van der Waals surface area contributed by atoms with Crippen molar-refractivity contribution in [3.05, 3.63) is 258 Å². The van der Waals surface area contributed by atoms with Crippen LogP contribution < -0.4 is 0 Å². The summed E-state index contributed by atoms with van der Waals surface area (Å²) in [5.74, 6) is 0. The Morgan fingerprint density at radius 2 is 0.725 bits per heavy atom. The molecule has 0 N–H and O–H groups in total. The van der Waals surface area contributed by atoms with Crippen LogP contribution in [0, 0.1) is 145 Å². The standard InChI is InChI=1S/2C12H13N.5C11H12N2/c1-8-4-5-12-11(6-8)7-9(2)10(3)13-12;1-8-5-4-6-12-11(8)7-9(2)10(3)13-12;1-7-4-10-11(5-8(7)2)13-9(3)6-12-10;1-7-6-10-11(9(3)8(7)2)13-5-4-12-10;1-7-6-8(2)10-11(9(7)3)13-5-4-12-10;1-7-4-5-10-11(6-7)13-9(3)8(2)12-10;1-7-5-4-6-10-11(7)13-9(3)8(2)12-10/h2*4-7H,1-3H3;5*4-6H,1-3H3. The van der Waals surface area contributed by atoms with Crippen LogP contribution in [0.4, 0.5) is 0 Å². The Bertz CT molecular complexity index is 4620. The highest BCUT2D eigenvalue weighted by Gasteiger charge is 2.09. The SMILES string of the molecule is Cc1cc(C)c2nccnc2c1C.Cc1cc2c(C)cccc2nc1C.Cc1cc2nccnc2c(C)c1C.Cc1ccc2nc(C)c(C)cc2c1.Cc1ccc2nc(C)c(C)nc2c1.Cc1cnc2cc(C)c(C)cc2n1.Cc1nc2cccc(C)c2nc1C. The maximum atomic E-state index is 4.54. The lowest BCUT2D eigenvalue weighted by atomic mass is 10.0. The van der Waals surface area contributed by atoms with Gasteiger partial charge in [0.25, 0.3) is 0 Å². The van der Waals surface area contributed by atoms with Gasteiger partial charge in [-0.25, -0.2) is 24.9 Å². The Balaban J connectivity index is 0.000000137. The molecule has 7 aromatic carbocycles. The Morgan fingerprint density at radius 1 is 0.231 bits per heavy atom. The van der Waals surface area contributed by atoms with Crippen molar-refractivity contribution < 1.29 is 0 Å². The zero-order valence-corrected chi connectivity index (χ0v) is 57.1. The minimum atomic E-state index is 0.968. The molecule has 0 spiro atoms. The van der Waals surface area contributed by atoms with Crippen molar-refractivity contribution in [1.82, 2.24) is 59.8 Å². The molecule has 0 aliphatic carbocycles. The molecule has 462 valence electrons. The largest absolute Gasteiger partial charge is 0.253 e. The molecule has 0 bridgehead atoms. The van der Waals surface area contributed by atoms with Crippen LogP contribution >= 0.6 is 0 Å². The van der Waals surface area contributed by atoms with Gasteiger partial charge in [-0.3, -0.25) is 34.9 Å². The Hall–Kier alpha value is -9.94. The van der Waals surface area contributed by atoms with Crippen molar-refractivity contribution in [2.24, 2.45) is 0 Å². The van der Waals surface area contributed by atoms with E-state index in [-0.39, 0.29) is 0 Å². The number of pyridine rings is 2. The number of fused-ring (bicyclic) bond motifs is 7. The second-order valence-electron chi connectivity index (χ2n) is 24.0. The number of rotatable bonds is 0. The molecule has 12 nitrogen and oxygen atoms in total. The number of hydrogen-bond acceptors (Lipinski definition) is 12. The third-order valence-electron chi connectivity index (χ3n) is 16.8. The van der Waals surface area contributed by atoms with E-state index in [2.05, 4.69) is 262 Å². The number of para-hydroxylation sites is 1. The van der Waals surface area contributed by atoms with E-state index in [0.29, 0.717) is 0 Å². The second kappa shape index (κ2) is 29.6. The summed E-state index contributed by atoms with van der Waals surface area (Å²) in [7, 11) is 0. The van der Waals surface area contributed by atoms with Gasteiger partial charge in [0.2, 0.25) is 0 Å². The lowest BCUT2D eigenvalue weighted by Crippen LogP contribution is -1.94. The molecular weight excluding hydrogens is 1120 g/mol. The minimum Gasteiger partial charge on any atom is -0.253 e. The van der Waals surface area contributed by atoms with Crippen molar-refractivity contribution >= 4 is 77.0 Å². The van der Waals surface area contributed by atoms with E-state index in [4.69, 9.17) is 0 Å². The van der Waals surface area contributed by atoms with Crippen LogP contribution in [0.15, 0.2) is 140 Å². The molecule has 0 saturated heterocycles. The average molecular weight is 1200 g/mol. The Labute approximate surface area is 537 Å². The van der Waals surface area contributed by atoms with Crippen LogP contribution in [0.25, 0.3) is 77.0 Å². The van der Waals surface area contributed by atoms with Gasteiger partial charge in [0.05, 0.1) is 94.7 Å². The Morgan fingerprint density at radius 3 is 1.41 bits per heavy atom. The molecule has 0 amide bonds. The number of nitrogens with zero attached hydrogens (tertiary/aromatic N) is 12. The lowest BCUT2D eigenvalue weighted by molar-refractivity contribution is 1.10. The van der Waals surface area contributed by atoms with E-state index >= 15 is 0 Å². The smallest absolute Gasteiger partial charge is 0.0921 e. The lowest BCUT2D eigenvalue weighted by Gasteiger charge is -2.06. The molecule has 91 heavy (non-hydrogen) atoms. The third kappa shape index (κ3) is 16.7. The summed E-state index contributed by atoms with van der Waals surface area (Å²) in [6, 6.07) is 37.7. The van der Waals surface area contributed by atoms with Gasteiger partial charge >= 0.3 is 0 Å². The first kappa shape index (κ1) is 67.0. The number of benzene rings is 7. The van der Waals surface area contributed by atoms with E-state index < -0.39 is 0 Å². The number of aromatic nitrogens is 12. The van der Waals surface area contributed by atoms with E-state index in [1.807, 2.05) is 52.8 Å². The molecule has 0 saturated carbocycles. The molecule has 14 rings (SSSR count). The zero-order valence-electron chi connectivity index (χ0n) is 57.1. The van der Waals surface area contributed by atoms with Crippen molar-refractivity contribution in [3.8, 4) is 0 Å². The molecule has 0 fully saturated rings. The molecule has 7 aromatic heterocycles. The predicted molar refractivity (Wildman–Crippen MR) is 381 cm³/mol. The summed E-state index contributed by atoms with van der Waals surface area (Å²) in [4.78, 5) is 53.0. The molecule has 7 heterocycles. The van der Waals surface area contributed by atoms with E-state index in [1.165, 1.54) is 88.7 Å². The third-order valence-corrected chi connectivity index (χ3v) is 16.8. The van der Waals surface area contributed by atoms with Crippen LogP contribution in [-0.4, -0.2) is 59.8 Å². The van der Waals surface area contributed by atoms with Crippen LogP contribution in [0.3, 0.4) is 0 Å². The van der Waals surface area contributed by atoms with Gasteiger partial charge in [-0.1, -0.05) is 48.0 Å². The number of hydrogen-bond donors (Lipinski definition) is 0. The molecule has 0 aliphatic rings. The van der Waals surface area contributed by atoms with Crippen LogP contribution in [0.5, 0.6) is 0 Å². The zero-order chi connectivity index (χ0) is 66.0. The van der Waals surface area contributed by atoms with Crippen LogP contribution in [0.2, 0.25) is 0 Å². The molecule has 0 aliphatic heterocycles. The molecule has 0 radical (unpaired) electrons. The summed E-state index contributed by atoms with van der Waals surface area (Å²) < 4.78 is 0. The van der Waals surface area contributed by atoms with Crippen molar-refractivity contribution in [1.29, 1.82) is 0 Å². The van der Waals surface area contributed by atoms with Gasteiger partial charge in [0.15, 0.2) is 0 Å². The average Bonchev–Trinajstić information content (AvgIpc) is 1.10. The first-order valence-corrected chi connectivity index (χ1v) is 30.9. The first-order chi connectivity index (χ1) is 43.3. The topological polar surface area (TPSA) is 155 Å². The van der Waals surface area contributed by atoms with E-state index in [9.17, 15) is 0 Å². The Kier molecular flexibility index (Phi) is 21.8. The fraction of sp³-hybridized carbons (Fsp3) is 0.266. The molecular formula is C79H86N12. The highest BCUT2D eigenvalue weighted by Crippen LogP contribution is 2.24. The molecule has 12 heteroatoms. The highest BCUT2D eigenvalue weighted by atomic mass is 14.8. The van der Waals surface area contributed by atoms with Crippen LogP contribution in [0.1, 0.15) is 118 Å². The second-order valence-corrected chi connectivity index (χ2v) is 24.0. The van der Waals surface area contributed by atoms with E-state index in [1.54, 1.807) is 31.0 Å². The summed E-state index contributed by atoms with van der Waals surface area (Å²) >= 11 is 0. The fourth-order valence-corrected chi connectivity index (χ4v) is 10.2. The van der Waals surface area contributed by atoms with Gasteiger partial charge in [0, 0.05) is 53.1 Å². The van der Waals surface area contributed by atoms with Gasteiger partial charge < -0.3 is 0 Å². The van der Waals surface area contributed by atoms with Gasteiger partial charge in [-0.05, 0) is 284 Å². The van der Waals surface area contributed by atoms with E-state index in [0.717, 1.165) is 106 Å². The van der Waals surface area contributed by atoms with Gasteiger partial charge in [0.1, 0.15) is 0 Å². The monoisotopic (exact) mass is 1200 g/mol. The normalized spacial score (nSPS) is 10.7. The summed E-state index contributed by atoms with van der Waals surface area (Å²) in [5.41, 5.74) is 37.1. The fourth-order valence-electron chi connectivity index (χ4n) is 10.2. The first-order valence-electron chi connectivity index (χ1n) is 30.9. The predicted octanol–water partition coefficient (Wildman–Crippen LogP) is 19.1. The molecule has 0 atom stereocenters. The molecule has 0 unspecified atom stereocenters. The highest BCUT2D eigenvalue weighted by molar-refractivity contribution is 5.85. The van der Waals surface area contributed by atoms with Gasteiger partial charge in [-0.15, -0.1) is 0 Å². The van der Waals surface area contributed by atoms with Crippen molar-refractivity contribution in [3.63, 3.8) is 0 Å². The minimum absolute atomic E-state index is 0.968. The maximum absolute atomic E-state index is 4.54. The number of aryl methyl sites for hydroxylation is 20. The van der Waals surface area contributed by atoms with Crippen molar-refractivity contribution in [2.45, 2.75) is 145 Å². The molecule has 14 aromatic rings. The van der Waals surface area contributed by atoms with Crippen LogP contribution in [-0.2, 0) is 0 Å². The quantitative estimate of drug-likeness (QED) is 0.142. The van der Waals surface area contributed by atoms with Gasteiger partial charge in [-0.2, -0.15) is 0 Å².